The molecule has 1 N–H and O–H groups in total. The van der Waals surface area contributed by atoms with E-state index >= 15 is 0 Å². The average molecular weight is 328 g/mol. The molecule has 0 radical (unpaired) electrons. The van der Waals surface area contributed by atoms with Crippen molar-refractivity contribution in [1.82, 2.24) is 4.98 Å². The summed E-state index contributed by atoms with van der Waals surface area (Å²) in [6.45, 7) is 2.44. The molecule has 2 aromatic rings. The van der Waals surface area contributed by atoms with Gasteiger partial charge in [0.15, 0.2) is 11.5 Å². The molecule has 0 aliphatic heterocycles. The highest BCUT2D eigenvalue weighted by molar-refractivity contribution is 6.01. The van der Waals surface area contributed by atoms with Gasteiger partial charge in [0.25, 0.3) is 0 Å². The number of pyridine rings is 1. The van der Waals surface area contributed by atoms with Gasteiger partial charge in [0, 0.05) is 12.1 Å². The fourth-order valence-electron chi connectivity index (χ4n) is 2.00. The lowest BCUT2D eigenvalue weighted by atomic mass is 10.2. The summed E-state index contributed by atoms with van der Waals surface area (Å²) in [5.74, 6) is 1.53. The minimum absolute atomic E-state index is 0.254. The van der Waals surface area contributed by atoms with Crippen molar-refractivity contribution in [3.05, 3.63) is 48.2 Å². The zero-order valence-electron chi connectivity index (χ0n) is 13.9. The van der Waals surface area contributed by atoms with Crippen LogP contribution in [0.1, 0.15) is 12.5 Å². The Hall–Kier alpha value is -3.02. The Morgan fingerprint density at radius 1 is 1.17 bits per heavy atom. The minimum Gasteiger partial charge on any atom is -0.493 e. The summed E-state index contributed by atoms with van der Waals surface area (Å²) < 4.78 is 15.7. The van der Waals surface area contributed by atoms with Gasteiger partial charge < -0.3 is 19.5 Å². The lowest BCUT2D eigenvalue weighted by molar-refractivity contribution is -0.111. The van der Waals surface area contributed by atoms with Crippen molar-refractivity contribution in [3.63, 3.8) is 0 Å². The van der Waals surface area contributed by atoms with Gasteiger partial charge in [-0.05, 0) is 36.8 Å². The number of ether oxygens (including phenoxy) is 3. The molecule has 2 rings (SSSR count). The monoisotopic (exact) mass is 328 g/mol. The Bertz CT molecular complexity index is 711. The highest BCUT2D eigenvalue weighted by Gasteiger charge is 2.04. The molecule has 6 heteroatoms. The van der Waals surface area contributed by atoms with E-state index in [1.54, 1.807) is 31.4 Å². The first-order valence-corrected chi connectivity index (χ1v) is 7.46. The van der Waals surface area contributed by atoms with Crippen LogP contribution in [0.15, 0.2) is 42.6 Å². The average Bonchev–Trinajstić information content (AvgIpc) is 2.61. The molecule has 1 amide bonds. The van der Waals surface area contributed by atoms with E-state index < -0.39 is 0 Å². The Balaban J connectivity index is 2.03. The van der Waals surface area contributed by atoms with Crippen LogP contribution in [-0.4, -0.2) is 31.7 Å². The Morgan fingerprint density at radius 2 is 2.00 bits per heavy atom. The molecular weight excluding hydrogens is 308 g/mol. The highest BCUT2D eigenvalue weighted by Crippen LogP contribution is 2.28. The standard InChI is InChI=1S/C18H20N2O4/c1-4-24-16-11-13(5-8-15(16)22-2)6-9-17(21)20-14-7-10-18(23-3)19-12-14/h5-12H,4H2,1-3H3,(H,20,21)/b9-6+. The summed E-state index contributed by atoms with van der Waals surface area (Å²) in [7, 11) is 3.12. The van der Waals surface area contributed by atoms with Gasteiger partial charge in [0.05, 0.1) is 32.7 Å². The molecule has 0 saturated carbocycles. The van der Waals surface area contributed by atoms with Crippen LogP contribution >= 0.6 is 0 Å². The van der Waals surface area contributed by atoms with E-state index in [-0.39, 0.29) is 5.91 Å². The van der Waals surface area contributed by atoms with E-state index in [1.807, 2.05) is 19.1 Å². The Morgan fingerprint density at radius 3 is 2.62 bits per heavy atom. The Kier molecular flexibility index (Phi) is 6.19. The second kappa shape index (κ2) is 8.57. The van der Waals surface area contributed by atoms with Crippen molar-refractivity contribution >= 4 is 17.7 Å². The van der Waals surface area contributed by atoms with Gasteiger partial charge in [-0.15, -0.1) is 0 Å². The maximum atomic E-state index is 12.0. The van der Waals surface area contributed by atoms with E-state index in [9.17, 15) is 4.79 Å². The molecule has 0 aliphatic carbocycles. The van der Waals surface area contributed by atoms with Gasteiger partial charge in [-0.25, -0.2) is 4.98 Å². The third kappa shape index (κ3) is 4.74. The molecule has 0 spiro atoms. The molecule has 1 aromatic heterocycles. The molecular formula is C18H20N2O4. The molecule has 0 saturated heterocycles. The number of anilines is 1. The maximum absolute atomic E-state index is 12.0. The fraction of sp³-hybridized carbons (Fsp3) is 0.222. The van der Waals surface area contributed by atoms with Crippen molar-refractivity contribution in [3.8, 4) is 17.4 Å². The predicted octanol–water partition coefficient (Wildman–Crippen LogP) is 3.15. The second-order valence-electron chi connectivity index (χ2n) is 4.76. The lowest BCUT2D eigenvalue weighted by Gasteiger charge is -2.09. The van der Waals surface area contributed by atoms with Gasteiger partial charge in [0.2, 0.25) is 11.8 Å². The lowest BCUT2D eigenvalue weighted by Crippen LogP contribution is -2.07. The zero-order valence-corrected chi connectivity index (χ0v) is 13.9. The maximum Gasteiger partial charge on any atom is 0.248 e. The first-order valence-electron chi connectivity index (χ1n) is 7.46. The quantitative estimate of drug-likeness (QED) is 0.791. The van der Waals surface area contributed by atoms with Gasteiger partial charge in [-0.2, -0.15) is 0 Å². The van der Waals surface area contributed by atoms with E-state index in [0.29, 0.717) is 29.7 Å². The molecule has 0 unspecified atom stereocenters. The SMILES string of the molecule is CCOc1cc(/C=C/C(=O)Nc2ccc(OC)nc2)ccc1OC. The summed E-state index contributed by atoms with van der Waals surface area (Å²) in [4.78, 5) is 16.0. The van der Waals surface area contributed by atoms with Crippen LogP contribution in [0.2, 0.25) is 0 Å². The van der Waals surface area contributed by atoms with E-state index in [0.717, 1.165) is 5.56 Å². The minimum atomic E-state index is -0.254. The number of hydrogen-bond acceptors (Lipinski definition) is 5. The smallest absolute Gasteiger partial charge is 0.248 e. The predicted molar refractivity (Wildman–Crippen MR) is 92.6 cm³/mol. The number of hydrogen-bond donors (Lipinski definition) is 1. The van der Waals surface area contributed by atoms with Gasteiger partial charge in [0.1, 0.15) is 0 Å². The van der Waals surface area contributed by atoms with Crippen molar-refractivity contribution < 1.29 is 19.0 Å². The Labute approximate surface area is 141 Å². The first kappa shape index (κ1) is 17.3. The third-order valence-electron chi connectivity index (χ3n) is 3.13. The number of nitrogens with zero attached hydrogens (tertiary/aromatic N) is 1. The van der Waals surface area contributed by atoms with Crippen LogP contribution in [0, 0.1) is 0 Å². The summed E-state index contributed by atoms with van der Waals surface area (Å²) in [5, 5.41) is 2.73. The molecule has 0 aliphatic rings. The number of carbonyl (C=O) groups is 1. The molecule has 0 atom stereocenters. The van der Waals surface area contributed by atoms with Crippen molar-refractivity contribution in [2.45, 2.75) is 6.92 Å². The number of benzene rings is 1. The summed E-state index contributed by atoms with van der Waals surface area (Å²) in [5.41, 5.74) is 1.43. The van der Waals surface area contributed by atoms with Crippen LogP contribution in [0.3, 0.4) is 0 Å². The molecule has 1 aromatic carbocycles. The van der Waals surface area contributed by atoms with Crippen LogP contribution in [-0.2, 0) is 4.79 Å². The zero-order chi connectivity index (χ0) is 17.4. The number of methoxy groups -OCH3 is 2. The van der Waals surface area contributed by atoms with E-state index in [2.05, 4.69) is 10.3 Å². The molecule has 0 fully saturated rings. The van der Waals surface area contributed by atoms with Crippen LogP contribution < -0.4 is 19.5 Å². The number of nitrogens with one attached hydrogen (secondary N) is 1. The summed E-state index contributed by atoms with van der Waals surface area (Å²) >= 11 is 0. The van der Waals surface area contributed by atoms with E-state index in [1.165, 1.54) is 19.4 Å². The van der Waals surface area contributed by atoms with Crippen molar-refractivity contribution in [1.29, 1.82) is 0 Å². The number of amides is 1. The fourth-order valence-corrected chi connectivity index (χ4v) is 2.00. The molecule has 1 heterocycles. The van der Waals surface area contributed by atoms with Gasteiger partial charge >= 0.3 is 0 Å². The molecule has 24 heavy (non-hydrogen) atoms. The molecule has 0 bridgehead atoms. The number of aromatic nitrogens is 1. The second-order valence-corrected chi connectivity index (χ2v) is 4.76. The van der Waals surface area contributed by atoms with Crippen LogP contribution in [0.25, 0.3) is 6.08 Å². The van der Waals surface area contributed by atoms with E-state index in [4.69, 9.17) is 14.2 Å². The normalized spacial score (nSPS) is 10.5. The third-order valence-corrected chi connectivity index (χ3v) is 3.13. The molecule has 126 valence electrons. The van der Waals surface area contributed by atoms with Gasteiger partial charge in [-0.1, -0.05) is 6.07 Å². The van der Waals surface area contributed by atoms with Crippen LogP contribution in [0.5, 0.6) is 17.4 Å². The first-order chi connectivity index (χ1) is 11.7. The number of carbonyl (C=O) groups excluding carboxylic acids is 1. The van der Waals surface area contributed by atoms with Gasteiger partial charge in [-0.3, -0.25) is 4.79 Å². The highest BCUT2D eigenvalue weighted by atomic mass is 16.5. The summed E-state index contributed by atoms with van der Waals surface area (Å²) in [6, 6.07) is 8.87. The molecule has 6 nitrogen and oxygen atoms in total. The largest absolute Gasteiger partial charge is 0.493 e. The number of rotatable bonds is 7. The van der Waals surface area contributed by atoms with Crippen LogP contribution in [0.4, 0.5) is 5.69 Å². The van der Waals surface area contributed by atoms with Crippen molar-refractivity contribution in [2.24, 2.45) is 0 Å². The summed E-state index contributed by atoms with van der Waals surface area (Å²) in [6.07, 6.45) is 4.68. The van der Waals surface area contributed by atoms with Crippen molar-refractivity contribution in [2.75, 3.05) is 26.1 Å². The topological polar surface area (TPSA) is 69.7 Å².